The highest BCUT2D eigenvalue weighted by Crippen LogP contribution is 2.64. The van der Waals surface area contributed by atoms with Gasteiger partial charge in [0.05, 0.1) is 5.41 Å². The molecule has 0 bridgehead atoms. The predicted octanol–water partition coefficient (Wildman–Crippen LogP) is 8.80. The smallest absolute Gasteiger partial charge is 0.138 e. The molecule has 1 spiro atoms. The summed E-state index contributed by atoms with van der Waals surface area (Å²) in [5.41, 5.74) is 15.1. The van der Waals surface area contributed by atoms with Crippen molar-refractivity contribution < 1.29 is 4.42 Å². The number of aryl methyl sites for hydroxylation is 2. The maximum atomic E-state index is 6.46. The van der Waals surface area contributed by atoms with Crippen molar-refractivity contribution >= 4 is 21.9 Å². The van der Waals surface area contributed by atoms with E-state index in [9.17, 15) is 0 Å². The number of furan rings is 1. The molecule has 0 aliphatic heterocycles. The molecule has 0 saturated carbocycles. The standard InChI is InChI=1S/C34H24O/c1-3-21-16-17-24-28(19-21)34(26-13-7-4-10-22(26)23-11-5-8-14-27(23)34)29-18-20(2)33-32(31(24)29)25-12-6-9-15-30(25)35-33/h4-19H,3H2,1-2H3. The molecule has 2 aliphatic carbocycles. The van der Waals surface area contributed by atoms with Crippen LogP contribution in [0.25, 0.3) is 44.2 Å². The Morgan fingerprint density at radius 1 is 0.657 bits per heavy atom. The van der Waals surface area contributed by atoms with Gasteiger partial charge in [-0.05, 0) is 75.0 Å². The number of hydrogen-bond acceptors (Lipinski definition) is 1. The summed E-state index contributed by atoms with van der Waals surface area (Å²) in [4.78, 5) is 0. The Bertz CT molecular complexity index is 1800. The first-order valence-electron chi connectivity index (χ1n) is 12.5. The van der Waals surface area contributed by atoms with Gasteiger partial charge in [-0.3, -0.25) is 0 Å². The molecule has 0 N–H and O–H groups in total. The fourth-order valence-electron chi connectivity index (χ4n) is 6.94. The fraction of sp³-hybridized carbons (Fsp3) is 0.118. The van der Waals surface area contributed by atoms with Crippen molar-refractivity contribution in [2.24, 2.45) is 0 Å². The van der Waals surface area contributed by atoms with Crippen molar-refractivity contribution in [1.29, 1.82) is 0 Å². The summed E-state index contributed by atoms with van der Waals surface area (Å²) < 4.78 is 6.46. The van der Waals surface area contributed by atoms with E-state index in [0.717, 1.165) is 17.6 Å². The van der Waals surface area contributed by atoms with Gasteiger partial charge in [0.1, 0.15) is 11.2 Å². The van der Waals surface area contributed by atoms with E-state index in [1.807, 2.05) is 0 Å². The normalized spacial score (nSPS) is 14.3. The monoisotopic (exact) mass is 448 g/mol. The predicted molar refractivity (Wildman–Crippen MR) is 144 cm³/mol. The van der Waals surface area contributed by atoms with E-state index in [2.05, 4.69) is 111 Å². The molecule has 1 heteroatoms. The van der Waals surface area contributed by atoms with Gasteiger partial charge in [-0.25, -0.2) is 0 Å². The highest BCUT2D eigenvalue weighted by molar-refractivity contribution is 6.17. The number of benzene rings is 5. The van der Waals surface area contributed by atoms with Crippen LogP contribution in [-0.2, 0) is 11.8 Å². The molecule has 0 fully saturated rings. The third-order valence-corrected chi connectivity index (χ3v) is 8.36. The molecule has 1 nitrogen and oxygen atoms in total. The molecule has 2 aliphatic rings. The first-order chi connectivity index (χ1) is 17.2. The van der Waals surface area contributed by atoms with E-state index in [4.69, 9.17) is 4.42 Å². The maximum absolute atomic E-state index is 6.46. The molecule has 0 amide bonds. The van der Waals surface area contributed by atoms with Crippen LogP contribution in [0.15, 0.2) is 101 Å². The van der Waals surface area contributed by atoms with Crippen LogP contribution in [0.2, 0.25) is 0 Å². The van der Waals surface area contributed by atoms with Gasteiger partial charge in [-0.1, -0.05) is 97.9 Å². The highest BCUT2D eigenvalue weighted by Gasteiger charge is 2.52. The lowest BCUT2D eigenvalue weighted by molar-refractivity contribution is 0.665. The lowest BCUT2D eigenvalue weighted by atomic mass is 9.70. The number of rotatable bonds is 1. The Hall–Kier alpha value is -4.10. The van der Waals surface area contributed by atoms with Crippen LogP contribution >= 0.6 is 0 Å². The van der Waals surface area contributed by atoms with Crippen LogP contribution in [0, 0.1) is 6.92 Å². The summed E-state index contributed by atoms with van der Waals surface area (Å²) in [7, 11) is 0. The first-order valence-corrected chi connectivity index (χ1v) is 12.5. The Kier molecular flexibility index (Phi) is 3.58. The van der Waals surface area contributed by atoms with E-state index in [0.29, 0.717) is 0 Å². The third-order valence-electron chi connectivity index (χ3n) is 8.36. The zero-order valence-electron chi connectivity index (χ0n) is 19.9. The highest BCUT2D eigenvalue weighted by atomic mass is 16.3. The number of fused-ring (bicyclic) bond motifs is 14. The first kappa shape index (κ1) is 19.2. The largest absolute Gasteiger partial charge is 0.456 e. The second-order valence-corrected chi connectivity index (χ2v) is 9.99. The van der Waals surface area contributed by atoms with Gasteiger partial charge < -0.3 is 4.42 Å². The van der Waals surface area contributed by atoms with Gasteiger partial charge in [-0.15, -0.1) is 0 Å². The average Bonchev–Trinajstić information content (AvgIpc) is 3.53. The fourth-order valence-corrected chi connectivity index (χ4v) is 6.94. The molecule has 8 rings (SSSR count). The molecule has 0 unspecified atom stereocenters. The molecule has 1 aromatic heterocycles. The Morgan fingerprint density at radius 3 is 2.09 bits per heavy atom. The molecule has 166 valence electrons. The van der Waals surface area contributed by atoms with Crippen LogP contribution in [0.3, 0.4) is 0 Å². The lowest BCUT2D eigenvalue weighted by Crippen LogP contribution is -2.26. The third kappa shape index (κ3) is 2.16. The SMILES string of the molecule is CCc1ccc2c(c1)C1(c3ccccc3-c3ccccc31)c1cc(C)c3oc4ccccc4c3c1-2. The van der Waals surface area contributed by atoms with Gasteiger partial charge in [-0.2, -0.15) is 0 Å². The molecule has 35 heavy (non-hydrogen) atoms. The molecule has 0 atom stereocenters. The summed E-state index contributed by atoms with van der Waals surface area (Å²) in [6.45, 7) is 4.45. The molecule has 1 heterocycles. The van der Waals surface area contributed by atoms with Crippen molar-refractivity contribution in [2.75, 3.05) is 0 Å². The number of para-hydroxylation sites is 1. The van der Waals surface area contributed by atoms with Gasteiger partial charge in [0.2, 0.25) is 0 Å². The molecule has 0 radical (unpaired) electrons. The average molecular weight is 449 g/mol. The summed E-state index contributed by atoms with van der Waals surface area (Å²) in [5, 5.41) is 2.45. The maximum Gasteiger partial charge on any atom is 0.138 e. The van der Waals surface area contributed by atoms with Crippen LogP contribution < -0.4 is 0 Å². The Balaban J connectivity index is 1.66. The summed E-state index contributed by atoms with van der Waals surface area (Å²) in [5.74, 6) is 0. The van der Waals surface area contributed by atoms with Crippen LogP contribution in [0.5, 0.6) is 0 Å². The van der Waals surface area contributed by atoms with Crippen LogP contribution in [0.4, 0.5) is 0 Å². The molecular formula is C34H24O. The van der Waals surface area contributed by atoms with Gasteiger partial charge in [0.25, 0.3) is 0 Å². The second-order valence-electron chi connectivity index (χ2n) is 9.99. The van der Waals surface area contributed by atoms with E-state index in [-0.39, 0.29) is 5.41 Å². The number of hydrogen-bond donors (Lipinski definition) is 0. The quantitative estimate of drug-likeness (QED) is 0.244. The topological polar surface area (TPSA) is 13.1 Å². The van der Waals surface area contributed by atoms with Crippen molar-refractivity contribution in [3.8, 4) is 22.3 Å². The van der Waals surface area contributed by atoms with Crippen LogP contribution in [-0.4, -0.2) is 0 Å². The minimum atomic E-state index is -0.319. The van der Waals surface area contributed by atoms with Crippen molar-refractivity contribution in [1.82, 2.24) is 0 Å². The summed E-state index contributed by atoms with van der Waals surface area (Å²) in [6, 6.07) is 36.1. The van der Waals surface area contributed by atoms with Gasteiger partial charge in [0.15, 0.2) is 0 Å². The Labute approximate surface area is 204 Å². The minimum absolute atomic E-state index is 0.319. The van der Waals surface area contributed by atoms with Gasteiger partial charge in [0, 0.05) is 10.8 Å². The van der Waals surface area contributed by atoms with E-state index in [1.165, 1.54) is 66.4 Å². The van der Waals surface area contributed by atoms with Crippen molar-refractivity contribution in [3.63, 3.8) is 0 Å². The summed E-state index contributed by atoms with van der Waals surface area (Å²) >= 11 is 0. The minimum Gasteiger partial charge on any atom is -0.456 e. The molecule has 5 aromatic carbocycles. The van der Waals surface area contributed by atoms with E-state index < -0.39 is 0 Å². The van der Waals surface area contributed by atoms with E-state index in [1.54, 1.807) is 0 Å². The molecule has 0 saturated heterocycles. The van der Waals surface area contributed by atoms with Gasteiger partial charge >= 0.3 is 0 Å². The second kappa shape index (κ2) is 6.52. The zero-order chi connectivity index (χ0) is 23.3. The summed E-state index contributed by atoms with van der Waals surface area (Å²) in [6.07, 6.45) is 1.02. The zero-order valence-corrected chi connectivity index (χ0v) is 19.9. The van der Waals surface area contributed by atoms with Crippen LogP contribution in [0.1, 0.15) is 40.3 Å². The molecule has 6 aromatic rings. The Morgan fingerprint density at radius 2 is 1.34 bits per heavy atom. The van der Waals surface area contributed by atoms with E-state index >= 15 is 0 Å². The lowest BCUT2D eigenvalue weighted by Gasteiger charge is -2.31. The molecular weight excluding hydrogens is 424 g/mol. The van der Waals surface area contributed by atoms with Crippen molar-refractivity contribution in [2.45, 2.75) is 25.7 Å². The van der Waals surface area contributed by atoms with Crippen molar-refractivity contribution in [3.05, 3.63) is 130 Å².